The first kappa shape index (κ1) is 19.9. The van der Waals surface area contributed by atoms with Gasteiger partial charge in [-0.05, 0) is 25.0 Å². The number of alkyl halides is 3. The fourth-order valence-corrected chi connectivity index (χ4v) is 3.04. The third kappa shape index (κ3) is 4.02. The quantitative estimate of drug-likeness (QED) is 0.848. The van der Waals surface area contributed by atoms with Gasteiger partial charge in [-0.1, -0.05) is 25.1 Å². The van der Waals surface area contributed by atoms with Gasteiger partial charge in [0, 0.05) is 25.2 Å². The lowest BCUT2D eigenvalue weighted by Gasteiger charge is -2.28. The van der Waals surface area contributed by atoms with Crippen molar-refractivity contribution in [1.82, 2.24) is 20.0 Å². The van der Waals surface area contributed by atoms with Gasteiger partial charge in [-0.25, -0.2) is 0 Å². The molecule has 0 aliphatic carbocycles. The molecule has 0 spiro atoms. The van der Waals surface area contributed by atoms with Crippen LogP contribution in [0.5, 0.6) is 0 Å². The van der Waals surface area contributed by atoms with Crippen LogP contribution in [0.1, 0.15) is 52.4 Å². The molecule has 6 nitrogen and oxygen atoms in total. The Labute approximate surface area is 160 Å². The van der Waals surface area contributed by atoms with E-state index < -0.39 is 17.6 Å². The average Bonchev–Trinajstić information content (AvgIpc) is 3.09. The maximum atomic E-state index is 13.2. The molecule has 28 heavy (non-hydrogen) atoms. The van der Waals surface area contributed by atoms with E-state index in [9.17, 15) is 22.8 Å². The van der Waals surface area contributed by atoms with E-state index in [0.717, 1.165) is 12.5 Å². The second kappa shape index (κ2) is 7.65. The minimum absolute atomic E-state index is 0.0303. The van der Waals surface area contributed by atoms with Crippen molar-refractivity contribution in [3.05, 3.63) is 52.8 Å². The van der Waals surface area contributed by atoms with Crippen molar-refractivity contribution in [2.75, 3.05) is 6.54 Å². The minimum atomic E-state index is -4.49. The van der Waals surface area contributed by atoms with Crippen LogP contribution in [0.3, 0.4) is 0 Å². The van der Waals surface area contributed by atoms with E-state index in [2.05, 4.69) is 10.4 Å². The number of amides is 2. The molecule has 1 atom stereocenters. The molecule has 1 aliphatic heterocycles. The molecule has 150 valence electrons. The molecule has 0 saturated carbocycles. The Hall–Kier alpha value is -2.84. The van der Waals surface area contributed by atoms with Gasteiger partial charge in [0.25, 0.3) is 11.8 Å². The monoisotopic (exact) mass is 394 g/mol. The Kier molecular flexibility index (Phi) is 5.44. The maximum Gasteiger partial charge on any atom is 0.416 e. The topological polar surface area (TPSA) is 67.2 Å². The standard InChI is InChI=1S/C19H21F3N4O2/c1-3-12(2)23-17(27)15-10-16-18(28)25(8-9-26(16)24-15)11-13-6-4-5-7-14(13)19(20,21)22/h4-7,10,12H,3,8-9,11H2,1-2H3,(H,23,27)/t12-/m0/s1. The number of fused-ring (bicyclic) bond motifs is 1. The number of nitrogens with zero attached hydrogens (tertiary/aromatic N) is 3. The first-order valence-corrected chi connectivity index (χ1v) is 9.03. The van der Waals surface area contributed by atoms with E-state index in [0.29, 0.717) is 6.54 Å². The summed E-state index contributed by atoms with van der Waals surface area (Å²) in [5.41, 5.74) is -0.396. The van der Waals surface area contributed by atoms with Gasteiger partial charge in [0.1, 0.15) is 5.69 Å². The number of rotatable bonds is 5. The Morgan fingerprint density at radius 1 is 1.29 bits per heavy atom. The Morgan fingerprint density at radius 2 is 2.00 bits per heavy atom. The van der Waals surface area contributed by atoms with Crippen LogP contribution in [0.2, 0.25) is 0 Å². The molecule has 1 aliphatic rings. The van der Waals surface area contributed by atoms with Gasteiger partial charge in [0.05, 0.1) is 12.1 Å². The van der Waals surface area contributed by atoms with Crippen LogP contribution >= 0.6 is 0 Å². The van der Waals surface area contributed by atoms with Crippen LogP contribution in [0, 0.1) is 0 Å². The number of hydrogen-bond acceptors (Lipinski definition) is 3. The molecule has 2 aromatic rings. The summed E-state index contributed by atoms with van der Waals surface area (Å²) in [6.07, 6.45) is -3.73. The van der Waals surface area contributed by atoms with Crippen LogP contribution in [0.25, 0.3) is 0 Å². The van der Waals surface area contributed by atoms with E-state index in [1.165, 1.54) is 33.8 Å². The van der Waals surface area contributed by atoms with E-state index >= 15 is 0 Å². The van der Waals surface area contributed by atoms with E-state index in [1.807, 2.05) is 13.8 Å². The van der Waals surface area contributed by atoms with Gasteiger partial charge in [-0.3, -0.25) is 14.3 Å². The van der Waals surface area contributed by atoms with Crippen molar-refractivity contribution in [1.29, 1.82) is 0 Å². The number of aromatic nitrogens is 2. The van der Waals surface area contributed by atoms with E-state index in [4.69, 9.17) is 0 Å². The van der Waals surface area contributed by atoms with Gasteiger partial charge in [-0.15, -0.1) is 0 Å². The fraction of sp³-hybridized carbons (Fsp3) is 0.421. The number of benzene rings is 1. The molecule has 2 heterocycles. The molecule has 1 N–H and O–H groups in total. The second-order valence-corrected chi connectivity index (χ2v) is 6.80. The highest BCUT2D eigenvalue weighted by Gasteiger charge is 2.35. The molecule has 3 rings (SSSR count). The summed E-state index contributed by atoms with van der Waals surface area (Å²) in [7, 11) is 0. The summed E-state index contributed by atoms with van der Waals surface area (Å²) in [5.74, 6) is -0.823. The smallest absolute Gasteiger partial charge is 0.348 e. The second-order valence-electron chi connectivity index (χ2n) is 6.80. The lowest BCUT2D eigenvalue weighted by atomic mass is 10.1. The first-order valence-electron chi connectivity index (χ1n) is 9.03. The summed E-state index contributed by atoms with van der Waals surface area (Å²) < 4.78 is 41.0. The third-order valence-corrected chi connectivity index (χ3v) is 4.77. The molecular formula is C19H21F3N4O2. The molecule has 0 radical (unpaired) electrons. The van der Waals surface area contributed by atoms with Gasteiger partial charge in [-0.2, -0.15) is 18.3 Å². The number of nitrogens with one attached hydrogen (secondary N) is 1. The van der Waals surface area contributed by atoms with Crippen molar-refractivity contribution in [3.63, 3.8) is 0 Å². The van der Waals surface area contributed by atoms with Crippen molar-refractivity contribution in [2.45, 2.75) is 45.6 Å². The zero-order valence-corrected chi connectivity index (χ0v) is 15.6. The Bertz CT molecular complexity index is 892. The summed E-state index contributed by atoms with van der Waals surface area (Å²) in [6, 6.07) is 6.57. The van der Waals surface area contributed by atoms with E-state index in [1.54, 1.807) is 0 Å². The van der Waals surface area contributed by atoms with Crippen LogP contribution in [0.4, 0.5) is 13.2 Å². The highest BCUT2D eigenvalue weighted by molar-refractivity contribution is 5.98. The highest BCUT2D eigenvalue weighted by Crippen LogP contribution is 2.32. The highest BCUT2D eigenvalue weighted by atomic mass is 19.4. The molecule has 0 fully saturated rings. The summed E-state index contributed by atoms with van der Waals surface area (Å²) in [5, 5.41) is 6.94. The number of carbonyl (C=O) groups excluding carboxylic acids is 2. The van der Waals surface area contributed by atoms with Crippen molar-refractivity contribution < 1.29 is 22.8 Å². The number of hydrogen-bond donors (Lipinski definition) is 1. The molecule has 1 aromatic carbocycles. The van der Waals surface area contributed by atoms with Gasteiger partial charge >= 0.3 is 6.18 Å². The molecular weight excluding hydrogens is 373 g/mol. The normalized spacial score (nSPS) is 15.3. The van der Waals surface area contributed by atoms with Gasteiger partial charge in [0.15, 0.2) is 5.69 Å². The predicted octanol–water partition coefficient (Wildman–Crippen LogP) is 3.09. The van der Waals surface area contributed by atoms with Gasteiger partial charge in [0.2, 0.25) is 0 Å². The minimum Gasteiger partial charge on any atom is -0.348 e. The number of carbonyl (C=O) groups is 2. The molecule has 0 unspecified atom stereocenters. The zero-order chi connectivity index (χ0) is 20.5. The average molecular weight is 394 g/mol. The fourth-order valence-electron chi connectivity index (χ4n) is 3.04. The number of halogens is 3. The van der Waals surface area contributed by atoms with Crippen molar-refractivity contribution >= 4 is 11.8 Å². The molecule has 9 heteroatoms. The van der Waals surface area contributed by atoms with Crippen LogP contribution in [-0.4, -0.2) is 39.1 Å². The largest absolute Gasteiger partial charge is 0.416 e. The lowest BCUT2D eigenvalue weighted by molar-refractivity contribution is -0.138. The van der Waals surface area contributed by atoms with Gasteiger partial charge < -0.3 is 10.2 Å². The van der Waals surface area contributed by atoms with Crippen LogP contribution in [-0.2, 0) is 19.3 Å². The Morgan fingerprint density at radius 3 is 2.68 bits per heavy atom. The predicted molar refractivity (Wildman–Crippen MR) is 95.6 cm³/mol. The summed E-state index contributed by atoms with van der Waals surface area (Å²) >= 11 is 0. The SMILES string of the molecule is CC[C@H](C)NC(=O)c1cc2n(n1)CCN(Cc1ccccc1C(F)(F)F)C2=O. The first-order chi connectivity index (χ1) is 13.2. The van der Waals surface area contributed by atoms with Crippen molar-refractivity contribution in [3.8, 4) is 0 Å². The molecule has 0 saturated heterocycles. The summed E-state index contributed by atoms with van der Waals surface area (Å²) in [4.78, 5) is 26.3. The summed E-state index contributed by atoms with van der Waals surface area (Å²) in [6.45, 7) is 4.16. The molecule has 0 bridgehead atoms. The van der Waals surface area contributed by atoms with Crippen molar-refractivity contribution in [2.24, 2.45) is 0 Å². The molecule has 2 amide bonds. The maximum absolute atomic E-state index is 13.2. The van der Waals surface area contributed by atoms with Crippen LogP contribution < -0.4 is 5.32 Å². The Balaban J connectivity index is 1.80. The van der Waals surface area contributed by atoms with E-state index in [-0.39, 0.29) is 42.0 Å². The lowest BCUT2D eigenvalue weighted by Crippen LogP contribution is -2.40. The molecule has 1 aromatic heterocycles. The van der Waals surface area contributed by atoms with Crippen LogP contribution in [0.15, 0.2) is 30.3 Å². The third-order valence-electron chi connectivity index (χ3n) is 4.77. The zero-order valence-electron chi connectivity index (χ0n) is 15.6.